The molecule has 1 heterocycles. The Morgan fingerprint density at radius 3 is 2.62 bits per heavy atom. The molecule has 1 unspecified atom stereocenters. The van der Waals surface area contributed by atoms with E-state index in [1.165, 1.54) is 23.9 Å². The number of halogens is 4. The topological polar surface area (TPSA) is 59.0 Å². The van der Waals surface area contributed by atoms with Crippen LogP contribution >= 0.6 is 0 Å². The Morgan fingerprint density at radius 1 is 1.33 bits per heavy atom. The van der Waals surface area contributed by atoms with Crippen LogP contribution in [0.25, 0.3) is 5.69 Å². The third-order valence-electron chi connectivity index (χ3n) is 3.32. The number of para-hydroxylation sites is 1. The molecule has 0 saturated heterocycles. The van der Waals surface area contributed by atoms with Crippen molar-refractivity contribution in [2.75, 3.05) is 11.9 Å². The lowest BCUT2D eigenvalue weighted by atomic mass is 10.2. The highest BCUT2D eigenvalue weighted by Gasteiger charge is 2.28. The maximum absolute atomic E-state index is 13.8. The summed E-state index contributed by atoms with van der Waals surface area (Å²) in [5, 5.41) is 8.61. The molecule has 1 aromatic carbocycles. The highest BCUT2D eigenvalue weighted by atomic mass is 19.4. The third-order valence-corrected chi connectivity index (χ3v) is 3.32. The second-order valence-electron chi connectivity index (χ2n) is 5.21. The molecule has 0 saturated carbocycles. The lowest BCUT2D eigenvalue weighted by Gasteiger charge is -2.16. The van der Waals surface area contributed by atoms with E-state index in [0.29, 0.717) is 11.4 Å². The number of rotatable bonds is 5. The first-order valence-electron chi connectivity index (χ1n) is 7.09. The highest BCUT2D eigenvalue weighted by Crippen LogP contribution is 2.21. The van der Waals surface area contributed by atoms with Gasteiger partial charge in [0.15, 0.2) is 0 Å². The van der Waals surface area contributed by atoms with Crippen molar-refractivity contribution in [2.24, 2.45) is 0 Å². The Balaban J connectivity index is 2.09. The smallest absolute Gasteiger partial charge is 0.371 e. The van der Waals surface area contributed by atoms with Gasteiger partial charge in [0.25, 0.3) is 0 Å². The lowest BCUT2D eigenvalue weighted by Crippen LogP contribution is -2.42. The molecule has 130 valence electrons. The van der Waals surface area contributed by atoms with Gasteiger partial charge in [-0.3, -0.25) is 4.79 Å². The summed E-state index contributed by atoms with van der Waals surface area (Å²) in [6, 6.07) is 5.11. The van der Waals surface area contributed by atoms with Gasteiger partial charge in [-0.05, 0) is 26.0 Å². The maximum Gasteiger partial charge on any atom is 0.405 e. The van der Waals surface area contributed by atoms with Crippen LogP contribution in [0.5, 0.6) is 0 Å². The summed E-state index contributed by atoms with van der Waals surface area (Å²) in [5.41, 5.74) is 1.18. The van der Waals surface area contributed by atoms with Crippen LogP contribution in [-0.2, 0) is 4.79 Å². The predicted octanol–water partition coefficient (Wildman–Crippen LogP) is 2.80. The molecule has 24 heavy (non-hydrogen) atoms. The fourth-order valence-corrected chi connectivity index (χ4v) is 2.06. The van der Waals surface area contributed by atoms with E-state index in [4.69, 9.17) is 0 Å². The summed E-state index contributed by atoms with van der Waals surface area (Å²) < 4.78 is 51.5. The van der Waals surface area contributed by atoms with E-state index in [1.807, 2.05) is 0 Å². The molecule has 2 aromatic rings. The zero-order valence-electron chi connectivity index (χ0n) is 13.0. The summed E-state index contributed by atoms with van der Waals surface area (Å²) in [6.07, 6.45) is -3.09. The quantitative estimate of drug-likeness (QED) is 0.820. The number of nitrogens with zero attached hydrogens (tertiary/aromatic N) is 2. The van der Waals surface area contributed by atoms with E-state index < -0.39 is 30.5 Å². The van der Waals surface area contributed by atoms with Crippen molar-refractivity contribution < 1.29 is 22.4 Å². The first-order chi connectivity index (χ1) is 11.2. The molecule has 2 rings (SSSR count). The molecule has 1 atom stereocenters. The normalized spacial score (nSPS) is 12.8. The van der Waals surface area contributed by atoms with Crippen molar-refractivity contribution in [3.63, 3.8) is 0 Å². The van der Waals surface area contributed by atoms with Gasteiger partial charge < -0.3 is 10.6 Å². The Kier molecular flexibility index (Phi) is 5.10. The van der Waals surface area contributed by atoms with Gasteiger partial charge in [0.1, 0.15) is 24.1 Å². The maximum atomic E-state index is 13.8. The zero-order chi connectivity index (χ0) is 17.9. The fourth-order valence-electron chi connectivity index (χ4n) is 2.06. The number of hydrogen-bond acceptors (Lipinski definition) is 3. The number of hydrogen-bond donors (Lipinski definition) is 2. The van der Waals surface area contributed by atoms with Gasteiger partial charge in [-0.2, -0.15) is 18.3 Å². The molecule has 0 radical (unpaired) electrons. The molecule has 1 amide bonds. The number of carbonyl (C=O) groups excluding carboxylic acids is 1. The van der Waals surface area contributed by atoms with Crippen LogP contribution in [0.4, 0.5) is 23.2 Å². The van der Waals surface area contributed by atoms with Crippen LogP contribution in [-0.4, -0.2) is 34.5 Å². The molecule has 0 bridgehead atoms. The van der Waals surface area contributed by atoms with Crippen LogP contribution in [0.2, 0.25) is 0 Å². The van der Waals surface area contributed by atoms with E-state index in [-0.39, 0.29) is 5.69 Å². The van der Waals surface area contributed by atoms with Crippen molar-refractivity contribution in [1.82, 2.24) is 15.1 Å². The number of benzene rings is 1. The number of nitrogens with one attached hydrogen (secondary N) is 2. The van der Waals surface area contributed by atoms with Crippen molar-refractivity contribution in [3.8, 4) is 5.69 Å². The Hall–Kier alpha value is -2.58. The molecule has 0 aliphatic heterocycles. The van der Waals surface area contributed by atoms with Crippen LogP contribution in [0, 0.1) is 12.7 Å². The van der Waals surface area contributed by atoms with Crippen molar-refractivity contribution in [2.45, 2.75) is 26.1 Å². The van der Waals surface area contributed by atoms with E-state index >= 15 is 0 Å². The predicted molar refractivity (Wildman–Crippen MR) is 80.4 cm³/mol. The first-order valence-corrected chi connectivity index (χ1v) is 7.09. The summed E-state index contributed by atoms with van der Waals surface area (Å²) in [4.78, 5) is 11.7. The number of alkyl halides is 3. The van der Waals surface area contributed by atoms with Crippen molar-refractivity contribution >= 4 is 11.6 Å². The van der Waals surface area contributed by atoms with Gasteiger partial charge in [0, 0.05) is 0 Å². The molecule has 1 aromatic heterocycles. The Bertz CT molecular complexity index is 727. The SMILES string of the molecule is Cc1c(NC(C)C(=O)NCC(F)(F)F)cnn1-c1ccccc1F. The zero-order valence-corrected chi connectivity index (χ0v) is 13.0. The molecule has 5 nitrogen and oxygen atoms in total. The number of amides is 1. The Morgan fingerprint density at radius 2 is 2.00 bits per heavy atom. The first kappa shape index (κ1) is 17.8. The molecular formula is C15H16F4N4O. The summed E-state index contributed by atoms with van der Waals surface area (Å²) in [7, 11) is 0. The minimum atomic E-state index is -4.47. The number of carbonyl (C=O) groups is 1. The van der Waals surface area contributed by atoms with Crippen LogP contribution in [0.15, 0.2) is 30.5 Å². The van der Waals surface area contributed by atoms with E-state index in [2.05, 4.69) is 10.4 Å². The lowest BCUT2D eigenvalue weighted by molar-refractivity contribution is -0.138. The van der Waals surface area contributed by atoms with Gasteiger partial charge >= 0.3 is 6.18 Å². The molecule has 0 aliphatic rings. The van der Waals surface area contributed by atoms with Gasteiger partial charge in [-0.15, -0.1) is 0 Å². The monoisotopic (exact) mass is 344 g/mol. The Labute approximate surface area is 135 Å². The minimum absolute atomic E-state index is 0.234. The third kappa shape index (κ3) is 4.24. The van der Waals surface area contributed by atoms with Crippen LogP contribution in [0.1, 0.15) is 12.6 Å². The van der Waals surface area contributed by atoms with Crippen LogP contribution in [0.3, 0.4) is 0 Å². The van der Waals surface area contributed by atoms with Gasteiger partial charge in [0.05, 0.1) is 17.6 Å². The minimum Gasteiger partial charge on any atom is -0.371 e. The average Bonchev–Trinajstić information content (AvgIpc) is 2.85. The second kappa shape index (κ2) is 6.90. The highest BCUT2D eigenvalue weighted by molar-refractivity contribution is 5.84. The number of anilines is 1. The van der Waals surface area contributed by atoms with E-state index in [1.54, 1.807) is 30.4 Å². The summed E-state index contributed by atoms with van der Waals surface area (Å²) in [5.74, 6) is -1.27. The largest absolute Gasteiger partial charge is 0.405 e. The van der Waals surface area contributed by atoms with E-state index in [0.717, 1.165) is 0 Å². The molecule has 9 heteroatoms. The number of aromatic nitrogens is 2. The molecule has 0 spiro atoms. The molecule has 2 N–H and O–H groups in total. The molecule has 0 fully saturated rings. The van der Waals surface area contributed by atoms with Gasteiger partial charge in [-0.1, -0.05) is 12.1 Å². The van der Waals surface area contributed by atoms with E-state index in [9.17, 15) is 22.4 Å². The van der Waals surface area contributed by atoms with Crippen molar-refractivity contribution in [3.05, 3.63) is 42.0 Å². The molecular weight excluding hydrogens is 328 g/mol. The summed E-state index contributed by atoms with van der Waals surface area (Å²) in [6.45, 7) is 1.68. The van der Waals surface area contributed by atoms with Gasteiger partial charge in [0.2, 0.25) is 5.91 Å². The van der Waals surface area contributed by atoms with Crippen LogP contribution < -0.4 is 10.6 Å². The average molecular weight is 344 g/mol. The van der Waals surface area contributed by atoms with Crippen molar-refractivity contribution in [1.29, 1.82) is 0 Å². The van der Waals surface area contributed by atoms with Gasteiger partial charge in [-0.25, -0.2) is 9.07 Å². The standard InChI is InChI=1S/C15H16F4N4O/c1-9(14(24)20-8-15(17,18)19)22-12-7-21-23(10(12)2)13-6-4-3-5-11(13)16/h3-7,9,22H,8H2,1-2H3,(H,20,24). The molecule has 0 aliphatic carbocycles. The second-order valence-corrected chi connectivity index (χ2v) is 5.21. The fraction of sp³-hybridized carbons (Fsp3) is 0.333. The summed E-state index contributed by atoms with van der Waals surface area (Å²) >= 11 is 0.